The number of carbonyl (C=O) groups excluding carboxylic acids is 1. The number of nitrogens with zero attached hydrogens (tertiary/aromatic N) is 2. The summed E-state index contributed by atoms with van der Waals surface area (Å²) in [5, 5.41) is 18.6. The molecule has 1 aliphatic heterocycles. The van der Waals surface area contributed by atoms with Gasteiger partial charge in [-0.15, -0.1) is 5.10 Å². The van der Waals surface area contributed by atoms with Gasteiger partial charge in [-0.3, -0.25) is 9.59 Å². The van der Waals surface area contributed by atoms with Crippen LogP contribution in [0.2, 0.25) is 0 Å². The number of rotatable bonds is 6. The molecule has 1 aliphatic rings. The average Bonchev–Trinajstić information content (AvgIpc) is 2.80. The van der Waals surface area contributed by atoms with Crippen LogP contribution >= 0.6 is 11.8 Å². The number of amidine groups is 1. The summed E-state index contributed by atoms with van der Waals surface area (Å²) >= 11 is 1.06. The van der Waals surface area contributed by atoms with Crippen LogP contribution in [0.3, 0.4) is 0 Å². The molecule has 1 atom stereocenters. The lowest BCUT2D eigenvalue weighted by Crippen LogP contribution is -2.26. The molecule has 0 radical (unpaired) electrons. The van der Waals surface area contributed by atoms with Crippen LogP contribution in [-0.2, 0) is 9.59 Å². The molecule has 1 heterocycles. The quantitative estimate of drug-likeness (QED) is 0.610. The van der Waals surface area contributed by atoms with Crippen molar-refractivity contribution in [2.45, 2.75) is 18.6 Å². The Kier molecular flexibility index (Phi) is 5.54. The topological polar surface area (TPSA) is 100 Å². The monoisotopic (exact) mass is 321 g/mol. The number of carbonyl (C=O) groups is 2. The molecule has 0 bridgehead atoms. The van der Waals surface area contributed by atoms with Gasteiger partial charge in [0.05, 0.1) is 19.2 Å². The largest absolute Gasteiger partial charge is 0.493 e. The SMILES string of the molecule is CCOc1ccccc1C=NN=C1NC(=O)C(CC(=O)O)S1. The number of carboxylic acid groups (broad SMARTS) is 1. The zero-order chi connectivity index (χ0) is 15.9. The van der Waals surface area contributed by atoms with Gasteiger partial charge in [-0.25, -0.2) is 0 Å². The van der Waals surface area contributed by atoms with Crippen LogP contribution < -0.4 is 10.1 Å². The van der Waals surface area contributed by atoms with E-state index in [1.807, 2.05) is 31.2 Å². The second-order valence-electron chi connectivity index (χ2n) is 4.31. The molecule has 116 valence electrons. The van der Waals surface area contributed by atoms with E-state index in [1.54, 1.807) is 0 Å². The minimum Gasteiger partial charge on any atom is -0.493 e. The van der Waals surface area contributed by atoms with Crippen molar-refractivity contribution in [3.63, 3.8) is 0 Å². The second-order valence-corrected chi connectivity index (χ2v) is 5.51. The van der Waals surface area contributed by atoms with E-state index in [1.165, 1.54) is 6.21 Å². The Morgan fingerprint density at radius 1 is 1.50 bits per heavy atom. The Morgan fingerprint density at radius 3 is 3.00 bits per heavy atom. The Balaban J connectivity index is 2.03. The minimum atomic E-state index is -1.02. The van der Waals surface area contributed by atoms with E-state index in [0.717, 1.165) is 17.3 Å². The van der Waals surface area contributed by atoms with E-state index in [9.17, 15) is 9.59 Å². The van der Waals surface area contributed by atoms with E-state index in [0.29, 0.717) is 17.5 Å². The van der Waals surface area contributed by atoms with E-state index in [4.69, 9.17) is 9.84 Å². The molecule has 0 aliphatic carbocycles. The molecule has 1 saturated heterocycles. The highest BCUT2D eigenvalue weighted by Crippen LogP contribution is 2.22. The number of ether oxygens (including phenoxy) is 1. The Labute approximate surface area is 131 Å². The van der Waals surface area contributed by atoms with Gasteiger partial charge < -0.3 is 15.2 Å². The Morgan fingerprint density at radius 2 is 2.27 bits per heavy atom. The van der Waals surface area contributed by atoms with Gasteiger partial charge in [0.2, 0.25) is 5.91 Å². The number of nitrogens with one attached hydrogen (secondary N) is 1. The standard InChI is InChI=1S/C14H15N3O4S/c1-2-21-10-6-4-3-5-9(10)8-15-17-14-16-13(20)11(22-14)7-12(18)19/h3-6,8,11H,2,7H2,1H3,(H,18,19)(H,16,17,20). The van der Waals surface area contributed by atoms with Crippen molar-refractivity contribution >= 4 is 35.0 Å². The van der Waals surface area contributed by atoms with Crippen LogP contribution in [0.5, 0.6) is 5.75 Å². The molecule has 1 fully saturated rings. The maximum Gasteiger partial charge on any atom is 0.305 e. The van der Waals surface area contributed by atoms with Crippen molar-refractivity contribution in [1.82, 2.24) is 5.32 Å². The number of benzene rings is 1. The summed E-state index contributed by atoms with van der Waals surface area (Å²) in [5.74, 6) is -0.695. The Hall–Kier alpha value is -2.35. The van der Waals surface area contributed by atoms with Crippen LogP contribution in [0.15, 0.2) is 34.5 Å². The molecular weight excluding hydrogens is 306 g/mol. The first-order valence-electron chi connectivity index (χ1n) is 6.62. The normalized spacial score (nSPS) is 19.6. The molecule has 22 heavy (non-hydrogen) atoms. The van der Waals surface area contributed by atoms with Gasteiger partial charge in [0, 0.05) is 5.56 Å². The van der Waals surface area contributed by atoms with Crippen molar-refractivity contribution in [2.24, 2.45) is 10.2 Å². The van der Waals surface area contributed by atoms with Crippen LogP contribution in [0.1, 0.15) is 18.9 Å². The van der Waals surface area contributed by atoms with Crippen molar-refractivity contribution in [3.05, 3.63) is 29.8 Å². The summed E-state index contributed by atoms with van der Waals surface area (Å²) < 4.78 is 5.46. The minimum absolute atomic E-state index is 0.244. The first-order valence-corrected chi connectivity index (χ1v) is 7.50. The van der Waals surface area contributed by atoms with Gasteiger partial charge >= 0.3 is 5.97 Å². The summed E-state index contributed by atoms with van der Waals surface area (Å²) in [5.41, 5.74) is 0.769. The number of hydrogen-bond donors (Lipinski definition) is 2. The summed E-state index contributed by atoms with van der Waals surface area (Å²) in [6.07, 6.45) is 1.28. The first kappa shape index (κ1) is 16.0. The molecule has 0 aromatic heterocycles. The van der Waals surface area contributed by atoms with E-state index in [2.05, 4.69) is 15.5 Å². The lowest BCUT2D eigenvalue weighted by Gasteiger charge is -2.04. The Bertz CT molecular complexity index is 630. The molecule has 8 heteroatoms. The number of thioether (sulfide) groups is 1. The molecule has 2 N–H and O–H groups in total. The van der Waals surface area contributed by atoms with E-state index in [-0.39, 0.29) is 12.3 Å². The first-order chi connectivity index (χ1) is 10.6. The van der Waals surface area contributed by atoms with E-state index >= 15 is 0 Å². The molecular formula is C14H15N3O4S. The summed E-state index contributed by atoms with van der Waals surface area (Å²) in [4.78, 5) is 22.2. The maximum atomic E-state index is 11.5. The third kappa shape index (κ3) is 4.32. The zero-order valence-corrected chi connectivity index (χ0v) is 12.7. The molecule has 0 spiro atoms. The van der Waals surface area contributed by atoms with Crippen LogP contribution in [-0.4, -0.2) is 40.2 Å². The van der Waals surface area contributed by atoms with Gasteiger partial charge in [0.1, 0.15) is 11.0 Å². The van der Waals surface area contributed by atoms with Crippen LogP contribution in [0, 0.1) is 0 Å². The fourth-order valence-electron chi connectivity index (χ4n) is 1.76. The molecule has 2 rings (SSSR count). The fraction of sp³-hybridized carbons (Fsp3) is 0.286. The summed E-state index contributed by atoms with van der Waals surface area (Å²) in [6.45, 7) is 2.43. The number of para-hydroxylation sites is 1. The highest BCUT2D eigenvalue weighted by Gasteiger charge is 2.32. The van der Waals surface area contributed by atoms with Crippen molar-refractivity contribution < 1.29 is 19.4 Å². The lowest BCUT2D eigenvalue weighted by atomic mass is 10.2. The highest BCUT2D eigenvalue weighted by atomic mass is 32.2. The highest BCUT2D eigenvalue weighted by molar-refractivity contribution is 8.15. The van der Waals surface area contributed by atoms with Crippen LogP contribution in [0.25, 0.3) is 0 Å². The zero-order valence-electron chi connectivity index (χ0n) is 11.9. The molecule has 1 unspecified atom stereocenters. The van der Waals surface area contributed by atoms with Crippen molar-refractivity contribution in [3.8, 4) is 5.75 Å². The molecule has 0 saturated carbocycles. The number of amides is 1. The van der Waals surface area contributed by atoms with Gasteiger partial charge in [-0.05, 0) is 19.1 Å². The average molecular weight is 321 g/mol. The predicted molar refractivity (Wildman–Crippen MR) is 84.4 cm³/mol. The molecule has 1 aromatic rings. The lowest BCUT2D eigenvalue weighted by molar-refractivity contribution is -0.138. The van der Waals surface area contributed by atoms with Crippen LogP contribution in [0.4, 0.5) is 0 Å². The van der Waals surface area contributed by atoms with Gasteiger partial charge in [0.25, 0.3) is 0 Å². The van der Waals surface area contributed by atoms with Gasteiger partial charge in [-0.1, -0.05) is 23.9 Å². The summed E-state index contributed by atoms with van der Waals surface area (Å²) in [7, 11) is 0. The number of aliphatic carboxylic acids is 1. The third-order valence-corrected chi connectivity index (χ3v) is 3.77. The number of carboxylic acids is 1. The molecule has 1 aromatic carbocycles. The van der Waals surface area contributed by atoms with Crippen molar-refractivity contribution in [1.29, 1.82) is 0 Å². The third-order valence-electron chi connectivity index (χ3n) is 2.70. The smallest absolute Gasteiger partial charge is 0.305 e. The van der Waals surface area contributed by atoms with Gasteiger partial charge in [0.15, 0.2) is 5.17 Å². The number of hydrogen-bond acceptors (Lipinski definition) is 6. The van der Waals surface area contributed by atoms with Crippen molar-refractivity contribution in [2.75, 3.05) is 6.61 Å². The van der Waals surface area contributed by atoms with E-state index < -0.39 is 11.2 Å². The fourth-order valence-corrected chi connectivity index (χ4v) is 2.68. The summed E-state index contributed by atoms with van der Waals surface area (Å²) in [6, 6.07) is 7.37. The van der Waals surface area contributed by atoms with Gasteiger partial charge in [-0.2, -0.15) is 5.10 Å². The second kappa shape index (κ2) is 7.60. The predicted octanol–water partition coefficient (Wildman–Crippen LogP) is 1.48. The molecule has 1 amide bonds. The molecule has 7 nitrogen and oxygen atoms in total. The maximum absolute atomic E-state index is 11.5.